The molecule has 0 unspecified atom stereocenters. The zero-order valence-corrected chi connectivity index (χ0v) is 17.2. The van der Waals surface area contributed by atoms with E-state index in [2.05, 4.69) is 50.2 Å². The number of rotatable bonds is 4. The number of hydrogen-bond acceptors (Lipinski definition) is 5. The number of benzene rings is 1. The highest BCUT2D eigenvalue weighted by atomic mass is 127. The van der Waals surface area contributed by atoms with E-state index in [1.807, 2.05) is 26.0 Å². The first-order chi connectivity index (χ1) is 11.4. The Kier molecular flexibility index (Phi) is 5.28. The summed E-state index contributed by atoms with van der Waals surface area (Å²) < 4.78 is 18.1. The molecule has 0 radical (unpaired) electrons. The van der Waals surface area contributed by atoms with Crippen LogP contribution in [0.4, 0.5) is 0 Å². The summed E-state index contributed by atoms with van der Waals surface area (Å²) in [5, 5.41) is 0. The molecular formula is C17H13I2NO4. The van der Waals surface area contributed by atoms with Crippen LogP contribution in [-0.4, -0.2) is 18.0 Å². The van der Waals surface area contributed by atoms with Gasteiger partial charge in [-0.25, -0.2) is 9.79 Å². The van der Waals surface area contributed by atoms with Crippen molar-refractivity contribution in [3.05, 3.63) is 54.7 Å². The Morgan fingerprint density at radius 1 is 1.25 bits per heavy atom. The van der Waals surface area contributed by atoms with Crippen LogP contribution in [0.1, 0.15) is 25.2 Å². The molecule has 7 heteroatoms. The summed E-state index contributed by atoms with van der Waals surface area (Å²) >= 11 is 4.45. The van der Waals surface area contributed by atoms with E-state index in [4.69, 9.17) is 13.9 Å². The summed E-state index contributed by atoms with van der Waals surface area (Å²) in [6.45, 7) is 3.98. The fraction of sp³-hybridized carbons (Fsp3) is 0.176. The number of carbonyl (C=O) groups is 1. The second-order valence-corrected chi connectivity index (χ2v) is 7.62. The van der Waals surface area contributed by atoms with E-state index in [0.717, 1.165) is 18.5 Å². The highest BCUT2D eigenvalue weighted by Crippen LogP contribution is 2.31. The van der Waals surface area contributed by atoms with Crippen molar-refractivity contribution in [3.63, 3.8) is 0 Å². The van der Waals surface area contributed by atoms with Crippen LogP contribution in [0.2, 0.25) is 0 Å². The standard InChI is InChI=1S/C17H13I2NO4/c1-9(2)23-15-11(18)6-10(7-12(15)19)8-13-17(21)24-16(20-13)14-4-3-5-22-14/h3-9H,1-2H3/b13-8-. The summed E-state index contributed by atoms with van der Waals surface area (Å²) in [6, 6.07) is 7.30. The zero-order chi connectivity index (χ0) is 17.3. The van der Waals surface area contributed by atoms with Gasteiger partial charge in [-0.2, -0.15) is 0 Å². The first-order valence-electron chi connectivity index (χ1n) is 7.16. The monoisotopic (exact) mass is 549 g/mol. The van der Waals surface area contributed by atoms with Crippen molar-refractivity contribution < 1.29 is 18.7 Å². The molecule has 1 aliphatic rings. The van der Waals surface area contributed by atoms with E-state index in [-0.39, 0.29) is 17.7 Å². The third-order valence-electron chi connectivity index (χ3n) is 3.03. The number of carbonyl (C=O) groups excluding carboxylic acids is 1. The lowest BCUT2D eigenvalue weighted by molar-refractivity contribution is -0.130. The van der Waals surface area contributed by atoms with E-state index in [0.29, 0.717) is 5.76 Å². The van der Waals surface area contributed by atoms with Gasteiger partial charge in [0.2, 0.25) is 0 Å². The third kappa shape index (κ3) is 3.82. The smallest absolute Gasteiger partial charge is 0.363 e. The van der Waals surface area contributed by atoms with E-state index in [1.54, 1.807) is 18.2 Å². The molecule has 0 bridgehead atoms. The molecule has 0 N–H and O–H groups in total. The van der Waals surface area contributed by atoms with Crippen molar-refractivity contribution in [1.29, 1.82) is 0 Å². The minimum atomic E-state index is -0.492. The average Bonchev–Trinajstić information content (AvgIpc) is 3.13. The number of halogens is 2. The van der Waals surface area contributed by atoms with Crippen molar-refractivity contribution >= 4 is 63.1 Å². The van der Waals surface area contributed by atoms with Gasteiger partial charge in [0.05, 0.1) is 19.5 Å². The fourth-order valence-electron chi connectivity index (χ4n) is 2.08. The molecule has 0 atom stereocenters. The first kappa shape index (κ1) is 17.5. The van der Waals surface area contributed by atoms with Gasteiger partial charge in [-0.15, -0.1) is 0 Å². The summed E-state index contributed by atoms with van der Waals surface area (Å²) in [5.41, 5.74) is 1.10. The van der Waals surface area contributed by atoms with E-state index in [9.17, 15) is 4.79 Å². The second kappa shape index (κ2) is 7.26. The van der Waals surface area contributed by atoms with Gasteiger partial charge in [-0.1, -0.05) is 0 Å². The van der Waals surface area contributed by atoms with Gasteiger partial charge in [0.25, 0.3) is 5.90 Å². The van der Waals surface area contributed by atoms with Crippen LogP contribution >= 0.6 is 45.2 Å². The first-order valence-corrected chi connectivity index (χ1v) is 9.32. The van der Waals surface area contributed by atoms with Gasteiger partial charge < -0.3 is 13.9 Å². The number of hydrogen-bond donors (Lipinski definition) is 0. The summed E-state index contributed by atoms with van der Waals surface area (Å²) in [6.07, 6.45) is 3.30. The second-order valence-electron chi connectivity index (χ2n) is 5.29. The SMILES string of the molecule is CC(C)Oc1c(I)cc(/C=C2\N=C(c3ccco3)OC2=O)cc1I. The Labute approximate surface area is 166 Å². The topological polar surface area (TPSA) is 61.0 Å². The van der Waals surface area contributed by atoms with Gasteiger partial charge in [-0.05, 0) is 94.9 Å². The Hall–Kier alpha value is -1.36. The third-order valence-corrected chi connectivity index (χ3v) is 4.63. The van der Waals surface area contributed by atoms with Crippen LogP contribution in [0.25, 0.3) is 6.08 Å². The van der Waals surface area contributed by atoms with Gasteiger partial charge in [0, 0.05) is 0 Å². The Morgan fingerprint density at radius 2 is 1.96 bits per heavy atom. The summed E-state index contributed by atoms with van der Waals surface area (Å²) in [5.74, 6) is 0.966. The molecule has 1 aromatic carbocycles. The van der Waals surface area contributed by atoms with Gasteiger partial charge in [0.15, 0.2) is 11.5 Å². The van der Waals surface area contributed by atoms with Crippen LogP contribution in [0, 0.1) is 7.14 Å². The van der Waals surface area contributed by atoms with Gasteiger partial charge >= 0.3 is 5.97 Å². The maximum atomic E-state index is 12.0. The molecule has 0 aliphatic carbocycles. The van der Waals surface area contributed by atoms with Crippen LogP contribution in [0.15, 0.2) is 45.6 Å². The molecule has 0 saturated carbocycles. The molecule has 2 aromatic rings. The Balaban J connectivity index is 1.92. The maximum Gasteiger partial charge on any atom is 0.363 e. The molecule has 0 spiro atoms. The predicted molar refractivity (Wildman–Crippen MR) is 107 cm³/mol. The quantitative estimate of drug-likeness (QED) is 0.318. The minimum Gasteiger partial charge on any atom is -0.489 e. The molecule has 0 amide bonds. The van der Waals surface area contributed by atoms with Crippen LogP contribution in [0.5, 0.6) is 5.75 Å². The molecule has 0 saturated heterocycles. The predicted octanol–water partition coefficient (Wildman–Crippen LogP) is 4.62. The lowest BCUT2D eigenvalue weighted by Gasteiger charge is -2.14. The van der Waals surface area contributed by atoms with Crippen molar-refractivity contribution in [2.24, 2.45) is 4.99 Å². The maximum absolute atomic E-state index is 12.0. The Morgan fingerprint density at radius 3 is 2.54 bits per heavy atom. The van der Waals surface area contributed by atoms with E-state index in [1.165, 1.54) is 6.26 Å². The fourth-order valence-corrected chi connectivity index (χ4v) is 4.15. The number of aliphatic imine (C=N–C) groups is 1. The number of cyclic esters (lactones) is 1. The number of nitrogens with zero attached hydrogens (tertiary/aromatic N) is 1. The molecule has 2 heterocycles. The molecule has 5 nitrogen and oxygen atoms in total. The minimum absolute atomic E-state index is 0.0986. The molecule has 1 aromatic heterocycles. The normalized spacial score (nSPS) is 15.8. The van der Waals surface area contributed by atoms with Crippen LogP contribution < -0.4 is 4.74 Å². The zero-order valence-electron chi connectivity index (χ0n) is 12.9. The highest BCUT2D eigenvalue weighted by molar-refractivity contribution is 14.1. The van der Waals surface area contributed by atoms with Crippen molar-refractivity contribution in [1.82, 2.24) is 0 Å². The molecule has 124 valence electrons. The number of esters is 1. The number of furan rings is 1. The van der Waals surface area contributed by atoms with Crippen LogP contribution in [0.3, 0.4) is 0 Å². The Bertz CT molecular complexity index is 815. The van der Waals surface area contributed by atoms with E-state index < -0.39 is 5.97 Å². The van der Waals surface area contributed by atoms with Crippen molar-refractivity contribution in [3.8, 4) is 5.75 Å². The number of ether oxygens (including phenoxy) is 2. The van der Waals surface area contributed by atoms with Crippen molar-refractivity contribution in [2.75, 3.05) is 0 Å². The molecule has 1 aliphatic heterocycles. The molecule has 3 rings (SSSR count). The van der Waals surface area contributed by atoms with E-state index >= 15 is 0 Å². The van der Waals surface area contributed by atoms with Gasteiger partial charge in [-0.3, -0.25) is 0 Å². The summed E-state index contributed by atoms with van der Waals surface area (Å²) in [7, 11) is 0. The van der Waals surface area contributed by atoms with Gasteiger partial charge in [0.1, 0.15) is 5.75 Å². The summed E-state index contributed by atoms with van der Waals surface area (Å²) in [4.78, 5) is 16.2. The molecule has 24 heavy (non-hydrogen) atoms. The molecular weight excluding hydrogens is 536 g/mol. The largest absolute Gasteiger partial charge is 0.489 e. The highest BCUT2D eigenvalue weighted by Gasteiger charge is 2.26. The lowest BCUT2D eigenvalue weighted by Crippen LogP contribution is -2.08. The average molecular weight is 549 g/mol. The van der Waals surface area contributed by atoms with Crippen LogP contribution in [-0.2, 0) is 9.53 Å². The molecule has 0 fully saturated rings. The van der Waals surface area contributed by atoms with Crippen molar-refractivity contribution in [2.45, 2.75) is 20.0 Å². The lowest BCUT2D eigenvalue weighted by atomic mass is 10.2.